The van der Waals surface area contributed by atoms with E-state index in [0.717, 1.165) is 23.3 Å². The highest BCUT2D eigenvalue weighted by atomic mass is 32.2. The summed E-state index contributed by atoms with van der Waals surface area (Å²) in [6.07, 6.45) is 0.951. The smallest absolute Gasteiger partial charge is 0.230 e. The molecule has 0 aliphatic carbocycles. The first-order chi connectivity index (χ1) is 9.02. The lowest BCUT2D eigenvalue weighted by Gasteiger charge is -2.11. The molecular weight excluding hydrogens is 276 g/mol. The normalized spacial score (nSPS) is 11.9. The van der Waals surface area contributed by atoms with Crippen molar-refractivity contribution in [1.29, 1.82) is 0 Å². The largest absolute Gasteiger partial charge is 0.389 e. The van der Waals surface area contributed by atoms with Crippen LogP contribution in [0, 0.1) is 0 Å². The molecule has 1 amide bonds. The van der Waals surface area contributed by atoms with Crippen LogP contribution in [0.5, 0.6) is 0 Å². The van der Waals surface area contributed by atoms with Gasteiger partial charge in [0.05, 0.1) is 5.75 Å². The van der Waals surface area contributed by atoms with E-state index in [0.29, 0.717) is 10.7 Å². The Labute approximate surface area is 124 Å². The van der Waals surface area contributed by atoms with Gasteiger partial charge in [0.25, 0.3) is 0 Å². The number of thioether (sulfide) groups is 1. The third-order valence-corrected chi connectivity index (χ3v) is 3.97. The molecule has 0 fully saturated rings. The number of thiocarbonyl (C=S) groups is 1. The molecular formula is C14H20N2OS2. The molecule has 3 N–H and O–H groups in total. The van der Waals surface area contributed by atoms with Gasteiger partial charge in [-0.1, -0.05) is 37.3 Å². The second kappa shape index (κ2) is 8.17. The van der Waals surface area contributed by atoms with Gasteiger partial charge in [-0.25, -0.2) is 0 Å². The average Bonchev–Trinajstić information content (AvgIpc) is 2.38. The Balaban J connectivity index is 2.39. The molecule has 1 unspecified atom stereocenters. The van der Waals surface area contributed by atoms with Crippen molar-refractivity contribution in [3.8, 4) is 0 Å². The number of rotatable bonds is 7. The van der Waals surface area contributed by atoms with E-state index in [1.807, 2.05) is 31.2 Å². The number of hydrogen-bond donors (Lipinski definition) is 2. The molecule has 0 aromatic heterocycles. The maximum atomic E-state index is 11.6. The monoisotopic (exact) mass is 296 g/mol. The van der Waals surface area contributed by atoms with E-state index in [9.17, 15) is 4.79 Å². The molecule has 0 saturated heterocycles. The summed E-state index contributed by atoms with van der Waals surface area (Å²) >= 11 is 6.53. The summed E-state index contributed by atoms with van der Waals surface area (Å²) in [5.41, 5.74) is 7.59. The van der Waals surface area contributed by atoms with Crippen LogP contribution in [0.1, 0.15) is 31.4 Å². The SMILES string of the molecule is CCC(C)NC(=O)CSCc1cccc(C(N)=S)c1. The minimum absolute atomic E-state index is 0.0878. The topological polar surface area (TPSA) is 55.1 Å². The number of hydrogen-bond acceptors (Lipinski definition) is 3. The summed E-state index contributed by atoms with van der Waals surface area (Å²) in [6.45, 7) is 4.06. The molecule has 0 heterocycles. The number of carbonyl (C=O) groups is 1. The Morgan fingerprint density at radius 3 is 2.89 bits per heavy atom. The van der Waals surface area contributed by atoms with E-state index in [1.54, 1.807) is 11.8 Å². The summed E-state index contributed by atoms with van der Waals surface area (Å²) in [5.74, 6) is 1.34. The van der Waals surface area contributed by atoms with Crippen molar-refractivity contribution < 1.29 is 4.79 Å². The van der Waals surface area contributed by atoms with Crippen LogP contribution in [0.2, 0.25) is 0 Å². The summed E-state index contributed by atoms with van der Waals surface area (Å²) in [6, 6.07) is 8.06. The number of nitrogens with two attached hydrogens (primary N) is 1. The lowest BCUT2D eigenvalue weighted by atomic mass is 10.1. The lowest BCUT2D eigenvalue weighted by molar-refractivity contribution is -0.119. The second-order valence-corrected chi connectivity index (χ2v) is 5.86. The molecule has 1 rings (SSSR count). The Bertz CT molecular complexity index is 449. The quantitative estimate of drug-likeness (QED) is 0.759. The van der Waals surface area contributed by atoms with Crippen molar-refractivity contribution in [2.45, 2.75) is 32.1 Å². The van der Waals surface area contributed by atoms with Gasteiger partial charge in [0, 0.05) is 17.4 Å². The zero-order valence-corrected chi connectivity index (χ0v) is 12.9. The highest BCUT2D eigenvalue weighted by molar-refractivity contribution is 7.99. The molecule has 0 aliphatic heterocycles. The van der Waals surface area contributed by atoms with Crippen LogP contribution >= 0.6 is 24.0 Å². The van der Waals surface area contributed by atoms with Crippen LogP contribution in [0.25, 0.3) is 0 Å². The zero-order valence-electron chi connectivity index (χ0n) is 11.3. The maximum absolute atomic E-state index is 11.6. The predicted octanol–water partition coefficient (Wildman–Crippen LogP) is 2.47. The first kappa shape index (κ1) is 16.0. The molecule has 5 heteroatoms. The molecule has 1 aromatic rings. The summed E-state index contributed by atoms with van der Waals surface area (Å²) in [4.78, 5) is 12.0. The highest BCUT2D eigenvalue weighted by Crippen LogP contribution is 2.13. The van der Waals surface area contributed by atoms with Crippen LogP contribution in [-0.4, -0.2) is 22.7 Å². The number of benzene rings is 1. The van der Waals surface area contributed by atoms with Crippen LogP contribution in [-0.2, 0) is 10.5 Å². The Morgan fingerprint density at radius 2 is 2.26 bits per heavy atom. The summed E-state index contributed by atoms with van der Waals surface area (Å²) < 4.78 is 0. The van der Waals surface area contributed by atoms with Gasteiger partial charge >= 0.3 is 0 Å². The van der Waals surface area contributed by atoms with Gasteiger partial charge in [-0.05, 0) is 25.0 Å². The standard InChI is InChI=1S/C14H20N2OS2/c1-3-10(2)16-13(17)9-19-8-11-5-4-6-12(7-11)14(15)18/h4-7,10H,3,8-9H2,1-2H3,(H2,15,18)(H,16,17). The fraction of sp³-hybridized carbons (Fsp3) is 0.429. The van der Waals surface area contributed by atoms with Gasteiger partial charge < -0.3 is 11.1 Å². The Kier molecular flexibility index (Phi) is 6.87. The molecule has 1 aromatic carbocycles. The minimum Gasteiger partial charge on any atom is -0.389 e. The molecule has 0 bridgehead atoms. The van der Waals surface area contributed by atoms with Crippen LogP contribution in [0.15, 0.2) is 24.3 Å². The molecule has 0 spiro atoms. The van der Waals surface area contributed by atoms with Gasteiger partial charge in [0.15, 0.2) is 0 Å². The lowest BCUT2D eigenvalue weighted by Crippen LogP contribution is -2.33. The fourth-order valence-electron chi connectivity index (χ4n) is 1.49. The van der Waals surface area contributed by atoms with Gasteiger partial charge in [-0.15, -0.1) is 11.8 Å². The van der Waals surface area contributed by atoms with E-state index in [-0.39, 0.29) is 11.9 Å². The van der Waals surface area contributed by atoms with Gasteiger partial charge in [-0.3, -0.25) is 4.79 Å². The molecule has 0 radical (unpaired) electrons. The minimum atomic E-state index is 0.0878. The number of amides is 1. The van der Waals surface area contributed by atoms with Crippen molar-refractivity contribution in [2.75, 3.05) is 5.75 Å². The number of carbonyl (C=O) groups excluding carboxylic acids is 1. The highest BCUT2D eigenvalue weighted by Gasteiger charge is 2.06. The Morgan fingerprint density at radius 1 is 1.53 bits per heavy atom. The molecule has 1 atom stereocenters. The van der Waals surface area contributed by atoms with E-state index >= 15 is 0 Å². The first-order valence-corrected chi connectivity index (χ1v) is 7.85. The van der Waals surface area contributed by atoms with Crippen molar-refractivity contribution in [3.05, 3.63) is 35.4 Å². The van der Waals surface area contributed by atoms with Gasteiger partial charge in [0.2, 0.25) is 5.91 Å². The predicted molar refractivity (Wildman–Crippen MR) is 86.4 cm³/mol. The molecule has 0 aliphatic rings. The third kappa shape index (κ3) is 6.07. The summed E-state index contributed by atoms with van der Waals surface area (Å²) in [5, 5.41) is 2.94. The van der Waals surface area contributed by atoms with E-state index < -0.39 is 0 Å². The van der Waals surface area contributed by atoms with Gasteiger partial charge in [0.1, 0.15) is 4.99 Å². The van der Waals surface area contributed by atoms with Crippen molar-refractivity contribution >= 4 is 34.9 Å². The second-order valence-electron chi connectivity index (χ2n) is 4.43. The first-order valence-electron chi connectivity index (χ1n) is 6.28. The molecule has 104 valence electrons. The van der Waals surface area contributed by atoms with E-state index in [2.05, 4.69) is 12.2 Å². The molecule has 3 nitrogen and oxygen atoms in total. The van der Waals surface area contributed by atoms with Crippen LogP contribution in [0.4, 0.5) is 0 Å². The third-order valence-electron chi connectivity index (χ3n) is 2.73. The van der Waals surface area contributed by atoms with Gasteiger partial charge in [-0.2, -0.15) is 0 Å². The maximum Gasteiger partial charge on any atom is 0.230 e. The fourth-order valence-corrected chi connectivity index (χ4v) is 2.41. The number of nitrogens with one attached hydrogen (secondary N) is 1. The van der Waals surface area contributed by atoms with Crippen molar-refractivity contribution in [1.82, 2.24) is 5.32 Å². The van der Waals surface area contributed by atoms with Crippen molar-refractivity contribution in [2.24, 2.45) is 5.73 Å². The molecule has 0 saturated carbocycles. The molecule has 19 heavy (non-hydrogen) atoms. The Hall–Kier alpha value is -1.07. The van der Waals surface area contributed by atoms with Crippen LogP contribution in [0.3, 0.4) is 0 Å². The van der Waals surface area contributed by atoms with Crippen molar-refractivity contribution in [3.63, 3.8) is 0 Å². The van der Waals surface area contributed by atoms with E-state index in [1.165, 1.54) is 0 Å². The average molecular weight is 296 g/mol. The van der Waals surface area contributed by atoms with Crippen LogP contribution < -0.4 is 11.1 Å². The summed E-state index contributed by atoms with van der Waals surface area (Å²) in [7, 11) is 0. The zero-order chi connectivity index (χ0) is 14.3. The van der Waals surface area contributed by atoms with E-state index in [4.69, 9.17) is 18.0 Å².